The summed E-state index contributed by atoms with van der Waals surface area (Å²) < 4.78 is 5.07. The van der Waals surface area contributed by atoms with Gasteiger partial charge in [-0.25, -0.2) is 4.79 Å². The fourth-order valence-corrected chi connectivity index (χ4v) is 3.17. The molecule has 132 valence electrons. The van der Waals surface area contributed by atoms with Crippen LogP contribution in [0.2, 0.25) is 0 Å². The monoisotopic (exact) mass is 407 g/mol. The largest absolute Gasteiger partial charge is 0.395 e. The maximum absolute atomic E-state index is 12.7. The molecule has 9 heteroatoms. The van der Waals surface area contributed by atoms with Gasteiger partial charge in [-0.1, -0.05) is 28.1 Å². The maximum atomic E-state index is 12.7. The zero-order valence-electron chi connectivity index (χ0n) is 13.9. The summed E-state index contributed by atoms with van der Waals surface area (Å²) >= 11 is 3.44. The molecule has 1 aromatic carbocycles. The number of aliphatic hydroxyl groups is 1. The Labute approximate surface area is 151 Å². The molecule has 2 heterocycles. The van der Waals surface area contributed by atoms with Crippen LogP contribution < -0.4 is 16.6 Å². The van der Waals surface area contributed by atoms with Crippen LogP contribution in [0.25, 0.3) is 11.2 Å². The summed E-state index contributed by atoms with van der Waals surface area (Å²) in [7, 11) is 3.03. The predicted molar refractivity (Wildman–Crippen MR) is 99.0 cm³/mol. The molecular weight excluding hydrogens is 390 g/mol. The molecule has 0 aliphatic carbocycles. The number of aliphatic hydroxyl groups excluding tert-OH is 1. The van der Waals surface area contributed by atoms with E-state index in [9.17, 15) is 9.59 Å². The Kier molecular flexibility index (Phi) is 4.78. The van der Waals surface area contributed by atoms with E-state index in [1.165, 1.54) is 11.6 Å². The molecule has 0 spiro atoms. The van der Waals surface area contributed by atoms with E-state index in [-0.39, 0.29) is 13.2 Å². The SMILES string of the molecule is Cn1c(=O)c2c(nc(NCCO)n2Cc2cccc(Br)c2)n(C)c1=O. The zero-order chi connectivity index (χ0) is 18.1. The van der Waals surface area contributed by atoms with Crippen LogP contribution in [0.3, 0.4) is 0 Å². The number of nitrogens with one attached hydrogen (secondary N) is 1. The third-order valence-electron chi connectivity index (χ3n) is 3.97. The van der Waals surface area contributed by atoms with Crippen LogP contribution in [0.1, 0.15) is 5.56 Å². The average Bonchev–Trinajstić information content (AvgIpc) is 2.95. The minimum absolute atomic E-state index is 0.0724. The first kappa shape index (κ1) is 17.4. The number of fused-ring (bicyclic) bond motifs is 1. The summed E-state index contributed by atoms with van der Waals surface area (Å²) in [5.74, 6) is 0.433. The summed E-state index contributed by atoms with van der Waals surface area (Å²) in [5.41, 5.74) is 0.779. The minimum Gasteiger partial charge on any atom is -0.395 e. The molecule has 3 rings (SSSR count). The van der Waals surface area contributed by atoms with Gasteiger partial charge in [-0.3, -0.25) is 18.5 Å². The van der Waals surface area contributed by atoms with Crippen molar-refractivity contribution in [2.75, 3.05) is 18.5 Å². The molecule has 0 aliphatic heterocycles. The molecule has 0 saturated heterocycles. The van der Waals surface area contributed by atoms with Crippen molar-refractivity contribution in [1.29, 1.82) is 0 Å². The van der Waals surface area contributed by atoms with Gasteiger partial charge in [0.2, 0.25) is 5.95 Å². The number of anilines is 1. The summed E-state index contributed by atoms with van der Waals surface area (Å²) in [6.07, 6.45) is 0. The molecule has 0 fully saturated rings. The van der Waals surface area contributed by atoms with Gasteiger partial charge in [0, 0.05) is 25.1 Å². The van der Waals surface area contributed by atoms with Crippen molar-refractivity contribution in [2.45, 2.75) is 6.54 Å². The van der Waals surface area contributed by atoms with E-state index in [4.69, 9.17) is 5.11 Å². The first-order valence-corrected chi connectivity index (χ1v) is 8.48. The zero-order valence-corrected chi connectivity index (χ0v) is 15.4. The maximum Gasteiger partial charge on any atom is 0.332 e. The number of aryl methyl sites for hydroxylation is 1. The Hall–Kier alpha value is -2.39. The summed E-state index contributed by atoms with van der Waals surface area (Å²) in [4.78, 5) is 29.2. The number of hydrogen-bond donors (Lipinski definition) is 2. The first-order valence-electron chi connectivity index (χ1n) is 7.69. The van der Waals surface area contributed by atoms with E-state index in [0.29, 0.717) is 23.7 Å². The molecule has 0 unspecified atom stereocenters. The highest BCUT2D eigenvalue weighted by Gasteiger charge is 2.19. The molecule has 8 nitrogen and oxygen atoms in total. The molecule has 0 aliphatic rings. The molecule has 0 amide bonds. The Morgan fingerprint density at radius 1 is 1.24 bits per heavy atom. The van der Waals surface area contributed by atoms with E-state index >= 15 is 0 Å². The fourth-order valence-electron chi connectivity index (χ4n) is 2.72. The normalized spacial score (nSPS) is 11.2. The van der Waals surface area contributed by atoms with E-state index in [1.54, 1.807) is 11.6 Å². The smallest absolute Gasteiger partial charge is 0.332 e. The van der Waals surface area contributed by atoms with Gasteiger partial charge in [0.1, 0.15) is 0 Å². The molecule has 3 aromatic rings. The van der Waals surface area contributed by atoms with Crippen molar-refractivity contribution >= 4 is 33.0 Å². The second kappa shape index (κ2) is 6.85. The van der Waals surface area contributed by atoms with Gasteiger partial charge in [-0.15, -0.1) is 0 Å². The van der Waals surface area contributed by atoms with Crippen molar-refractivity contribution < 1.29 is 5.11 Å². The summed E-state index contributed by atoms with van der Waals surface area (Å²) in [6.45, 7) is 0.615. The van der Waals surface area contributed by atoms with Crippen molar-refractivity contribution in [3.63, 3.8) is 0 Å². The molecule has 2 aromatic heterocycles. The lowest BCUT2D eigenvalue weighted by Crippen LogP contribution is -2.37. The fraction of sp³-hybridized carbons (Fsp3) is 0.312. The standard InChI is InChI=1S/C16H18BrN5O3/c1-20-13-12(14(24)21(2)16(20)25)22(15(19-13)18-6-7-23)9-10-4-3-5-11(17)8-10/h3-5,8,23H,6-7,9H2,1-2H3,(H,18,19). The van der Waals surface area contributed by atoms with Crippen LogP contribution in [-0.4, -0.2) is 36.9 Å². The highest BCUT2D eigenvalue weighted by Crippen LogP contribution is 2.19. The van der Waals surface area contributed by atoms with Crippen LogP contribution >= 0.6 is 15.9 Å². The van der Waals surface area contributed by atoms with E-state index in [2.05, 4.69) is 26.2 Å². The van der Waals surface area contributed by atoms with Gasteiger partial charge in [0.15, 0.2) is 11.2 Å². The van der Waals surface area contributed by atoms with Gasteiger partial charge < -0.3 is 10.4 Å². The lowest BCUT2D eigenvalue weighted by atomic mass is 10.2. The Bertz CT molecular complexity index is 1050. The second-order valence-electron chi connectivity index (χ2n) is 5.68. The van der Waals surface area contributed by atoms with Gasteiger partial charge in [0.05, 0.1) is 13.2 Å². The lowest BCUT2D eigenvalue weighted by molar-refractivity contribution is 0.310. The van der Waals surface area contributed by atoms with E-state index in [1.807, 2.05) is 24.3 Å². The van der Waals surface area contributed by atoms with Crippen LogP contribution in [0.5, 0.6) is 0 Å². The third kappa shape index (κ3) is 3.12. The molecule has 0 bridgehead atoms. The lowest BCUT2D eigenvalue weighted by Gasteiger charge is -2.11. The van der Waals surface area contributed by atoms with Crippen molar-refractivity contribution in [1.82, 2.24) is 18.7 Å². The average molecular weight is 408 g/mol. The minimum atomic E-state index is -0.432. The molecular formula is C16H18BrN5O3. The number of rotatable bonds is 5. The van der Waals surface area contributed by atoms with Crippen LogP contribution in [0, 0.1) is 0 Å². The van der Waals surface area contributed by atoms with E-state index < -0.39 is 11.2 Å². The summed E-state index contributed by atoms with van der Waals surface area (Å²) in [5, 5.41) is 12.1. The topological polar surface area (TPSA) is 94.1 Å². The van der Waals surface area contributed by atoms with Gasteiger partial charge in [-0.2, -0.15) is 4.98 Å². The predicted octanol–water partition coefficient (Wildman–Crippen LogP) is 0.649. The second-order valence-corrected chi connectivity index (χ2v) is 6.60. The molecule has 0 radical (unpaired) electrons. The van der Waals surface area contributed by atoms with Gasteiger partial charge >= 0.3 is 5.69 Å². The van der Waals surface area contributed by atoms with Crippen molar-refractivity contribution in [3.8, 4) is 0 Å². The van der Waals surface area contributed by atoms with Gasteiger partial charge in [0.25, 0.3) is 5.56 Å². The van der Waals surface area contributed by atoms with Crippen LogP contribution in [0.4, 0.5) is 5.95 Å². The van der Waals surface area contributed by atoms with E-state index in [0.717, 1.165) is 14.6 Å². The molecule has 25 heavy (non-hydrogen) atoms. The Balaban J connectivity index is 2.26. The number of imidazole rings is 1. The number of halogens is 1. The molecule has 2 N–H and O–H groups in total. The highest BCUT2D eigenvalue weighted by atomic mass is 79.9. The highest BCUT2D eigenvalue weighted by molar-refractivity contribution is 9.10. The summed E-state index contributed by atoms with van der Waals surface area (Å²) in [6, 6.07) is 7.73. The number of aromatic nitrogens is 4. The van der Waals surface area contributed by atoms with Crippen molar-refractivity contribution in [2.24, 2.45) is 14.1 Å². The third-order valence-corrected chi connectivity index (χ3v) is 4.47. The Morgan fingerprint density at radius 2 is 2.00 bits per heavy atom. The number of benzene rings is 1. The molecule has 0 atom stereocenters. The molecule has 0 saturated carbocycles. The van der Waals surface area contributed by atoms with Crippen molar-refractivity contribution in [3.05, 3.63) is 55.1 Å². The Morgan fingerprint density at radius 3 is 2.68 bits per heavy atom. The number of nitrogens with zero attached hydrogens (tertiary/aromatic N) is 4. The first-order chi connectivity index (χ1) is 11.9. The number of hydrogen-bond acceptors (Lipinski definition) is 5. The quantitative estimate of drug-likeness (QED) is 0.647. The van der Waals surface area contributed by atoms with Crippen LogP contribution in [-0.2, 0) is 20.6 Å². The van der Waals surface area contributed by atoms with Gasteiger partial charge in [-0.05, 0) is 17.7 Å². The van der Waals surface area contributed by atoms with Crippen LogP contribution in [0.15, 0.2) is 38.3 Å².